The zero-order valence-corrected chi connectivity index (χ0v) is 18.2. The van der Waals surface area contributed by atoms with Crippen molar-refractivity contribution in [2.45, 2.75) is 51.0 Å². The second-order valence-electron chi connectivity index (χ2n) is 8.77. The lowest BCUT2D eigenvalue weighted by Crippen LogP contribution is -2.65. The largest absolute Gasteiger partial charge is 0.469 e. The molecular weight excluding hydrogens is 364 g/mol. The summed E-state index contributed by atoms with van der Waals surface area (Å²) in [5.74, 6) is 0.503. The van der Waals surface area contributed by atoms with Crippen LogP contribution >= 0.6 is 0 Å². The first-order valence-corrected chi connectivity index (χ1v) is 12.2. The lowest BCUT2D eigenvalue weighted by Gasteiger charge is -2.44. The Morgan fingerprint density at radius 3 is 1.86 bits per heavy atom. The first-order valence-electron chi connectivity index (χ1n) is 10.3. The van der Waals surface area contributed by atoms with Crippen LogP contribution in [-0.4, -0.2) is 26.2 Å². The molecule has 3 rings (SSSR count). The van der Waals surface area contributed by atoms with Crippen LogP contribution in [0.1, 0.15) is 46.0 Å². The normalized spacial score (nSPS) is 20.6. The summed E-state index contributed by atoms with van der Waals surface area (Å²) in [5.41, 5.74) is 0. The second-order valence-corrected chi connectivity index (χ2v) is 12.7. The van der Waals surface area contributed by atoms with Crippen LogP contribution in [0.25, 0.3) is 0 Å². The summed E-state index contributed by atoms with van der Waals surface area (Å²) in [6.07, 6.45) is 4.80. The standard InChI is InChI=1S/C24H32O3Si/c1-24(2,18-19-14-16-20(17-15-19)23(25)27-3)28(26,21-10-6-4-7-11-21)22-12-8-5-9-13-22/h4-13,19-20,26H,14-18H2,1-3H3/t19-,20-. The topological polar surface area (TPSA) is 46.5 Å². The van der Waals surface area contributed by atoms with Crippen molar-refractivity contribution in [3.05, 3.63) is 60.7 Å². The molecule has 0 unspecified atom stereocenters. The van der Waals surface area contributed by atoms with E-state index >= 15 is 0 Å². The van der Waals surface area contributed by atoms with Crippen molar-refractivity contribution in [1.82, 2.24) is 0 Å². The molecule has 1 fully saturated rings. The van der Waals surface area contributed by atoms with Gasteiger partial charge in [0.1, 0.15) is 0 Å². The predicted octanol–water partition coefficient (Wildman–Crippen LogP) is 3.89. The SMILES string of the molecule is COC(=O)[C@H]1CC[C@H](CC(C)(C)[Si](O)(c2ccccc2)c2ccccc2)CC1. The number of carbonyl (C=O) groups is 1. The highest BCUT2D eigenvalue weighted by Gasteiger charge is 2.50. The zero-order valence-electron chi connectivity index (χ0n) is 17.2. The molecule has 28 heavy (non-hydrogen) atoms. The Labute approximate surface area is 169 Å². The van der Waals surface area contributed by atoms with Crippen molar-refractivity contribution >= 4 is 24.7 Å². The molecule has 1 aliphatic rings. The van der Waals surface area contributed by atoms with E-state index in [2.05, 4.69) is 38.1 Å². The van der Waals surface area contributed by atoms with Gasteiger partial charge in [-0.15, -0.1) is 0 Å². The van der Waals surface area contributed by atoms with Gasteiger partial charge >= 0.3 is 5.97 Å². The Kier molecular flexibility index (Phi) is 6.41. The van der Waals surface area contributed by atoms with E-state index in [-0.39, 0.29) is 16.9 Å². The lowest BCUT2D eigenvalue weighted by atomic mass is 9.78. The fourth-order valence-electron chi connectivity index (χ4n) is 4.95. The number of rotatable bonds is 6. The first kappa shape index (κ1) is 20.8. The quantitative estimate of drug-likeness (QED) is 0.595. The highest BCUT2D eigenvalue weighted by Crippen LogP contribution is 2.45. The molecule has 0 bridgehead atoms. The maximum atomic E-state index is 12.3. The molecule has 0 saturated heterocycles. The van der Waals surface area contributed by atoms with Gasteiger partial charge in [-0.25, -0.2) is 0 Å². The molecule has 0 heterocycles. The Balaban J connectivity index is 1.85. The number of esters is 1. The molecule has 3 nitrogen and oxygen atoms in total. The van der Waals surface area contributed by atoms with Crippen molar-refractivity contribution in [2.24, 2.45) is 11.8 Å². The highest BCUT2D eigenvalue weighted by molar-refractivity contribution is 6.98. The second kappa shape index (κ2) is 8.62. The van der Waals surface area contributed by atoms with E-state index in [0.29, 0.717) is 5.92 Å². The number of hydrogen-bond acceptors (Lipinski definition) is 3. The predicted molar refractivity (Wildman–Crippen MR) is 116 cm³/mol. The van der Waals surface area contributed by atoms with Crippen LogP contribution in [0.3, 0.4) is 0 Å². The van der Waals surface area contributed by atoms with Crippen molar-refractivity contribution in [2.75, 3.05) is 7.11 Å². The van der Waals surface area contributed by atoms with E-state index in [9.17, 15) is 9.59 Å². The van der Waals surface area contributed by atoms with Crippen LogP contribution < -0.4 is 10.4 Å². The van der Waals surface area contributed by atoms with E-state index in [0.717, 1.165) is 42.5 Å². The van der Waals surface area contributed by atoms with Gasteiger partial charge in [0.2, 0.25) is 0 Å². The van der Waals surface area contributed by atoms with Crippen molar-refractivity contribution in [1.29, 1.82) is 0 Å². The molecule has 2 aromatic carbocycles. The smallest absolute Gasteiger partial charge is 0.308 e. The molecular formula is C24H32O3Si. The van der Waals surface area contributed by atoms with Crippen LogP contribution in [0.5, 0.6) is 0 Å². The third kappa shape index (κ3) is 4.08. The maximum absolute atomic E-state index is 12.3. The number of ether oxygens (including phenoxy) is 1. The van der Waals surface area contributed by atoms with Gasteiger partial charge < -0.3 is 9.53 Å². The van der Waals surface area contributed by atoms with E-state index in [1.54, 1.807) is 0 Å². The third-order valence-corrected chi connectivity index (χ3v) is 11.0. The zero-order chi connectivity index (χ0) is 20.2. The molecule has 4 heteroatoms. The third-order valence-electron chi connectivity index (χ3n) is 6.54. The Morgan fingerprint density at radius 2 is 1.43 bits per heavy atom. The van der Waals surface area contributed by atoms with Crippen LogP contribution in [0.15, 0.2) is 60.7 Å². The monoisotopic (exact) mass is 396 g/mol. The lowest BCUT2D eigenvalue weighted by molar-refractivity contribution is -0.146. The summed E-state index contributed by atoms with van der Waals surface area (Å²) in [5, 5.41) is 1.90. The average molecular weight is 397 g/mol. The molecule has 150 valence electrons. The van der Waals surface area contributed by atoms with Crippen molar-refractivity contribution in [3.63, 3.8) is 0 Å². The molecule has 1 N–H and O–H groups in total. The fraction of sp³-hybridized carbons (Fsp3) is 0.458. The van der Waals surface area contributed by atoms with Crippen LogP contribution in [0.4, 0.5) is 0 Å². The maximum Gasteiger partial charge on any atom is 0.308 e. The molecule has 0 aromatic heterocycles. The van der Waals surface area contributed by atoms with Gasteiger partial charge in [-0.1, -0.05) is 74.5 Å². The minimum absolute atomic E-state index is 0.0451. The molecule has 0 aliphatic heterocycles. The summed E-state index contributed by atoms with van der Waals surface area (Å²) in [6.45, 7) is 4.46. The van der Waals surface area contributed by atoms with Gasteiger partial charge in [-0.2, -0.15) is 0 Å². The van der Waals surface area contributed by atoms with Crippen molar-refractivity contribution < 1.29 is 14.3 Å². The first-order chi connectivity index (χ1) is 13.4. The van der Waals surface area contributed by atoms with E-state index in [4.69, 9.17) is 4.74 Å². The molecule has 0 radical (unpaired) electrons. The number of benzene rings is 2. The molecule has 0 amide bonds. The highest BCUT2D eigenvalue weighted by atomic mass is 28.4. The van der Waals surface area contributed by atoms with Crippen molar-refractivity contribution in [3.8, 4) is 0 Å². The summed E-state index contributed by atoms with van der Waals surface area (Å²) in [4.78, 5) is 24.1. The van der Waals surface area contributed by atoms with Gasteiger partial charge in [0, 0.05) is 0 Å². The minimum atomic E-state index is -2.95. The molecule has 2 aromatic rings. The average Bonchev–Trinajstić information content (AvgIpc) is 2.74. The Morgan fingerprint density at radius 1 is 0.964 bits per heavy atom. The molecule has 1 saturated carbocycles. The summed E-state index contributed by atoms with van der Waals surface area (Å²) in [7, 11) is -1.48. The molecule has 0 atom stereocenters. The van der Waals surface area contributed by atoms with Gasteiger partial charge in [0.25, 0.3) is 8.32 Å². The fourth-order valence-corrected chi connectivity index (χ4v) is 8.78. The van der Waals surface area contributed by atoms with Gasteiger partial charge in [0.05, 0.1) is 13.0 Å². The van der Waals surface area contributed by atoms with E-state index < -0.39 is 8.32 Å². The van der Waals surface area contributed by atoms with Crippen LogP contribution in [0.2, 0.25) is 5.04 Å². The van der Waals surface area contributed by atoms with Gasteiger partial charge in [0.15, 0.2) is 0 Å². The Hall–Kier alpha value is -1.91. The Bertz CT molecular complexity index is 725. The minimum Gasteiger partial charge on any atom is -0.469 e. The summed E-state index contributed by atoms with van der Waals surface area (Å²) >= 11 is 0. The van der Waals surface area contributed by atoms with E-state index in [1.165, 1.54) is 7.11 Å². The van der Waals surface area contributed by atoms with Crippen LogP contribution in [-0.2, 0) is 9.53 Å². The molecule has 1 aliphatic carbocycles. The summed E-state index contributed by atoms with van der Waals surface area (Å²) < 4.78 is 4.92. The van der Waals surface area contributed by atoms with Gasteiger partial charge in [-0.05, 0) is 53.4 Å². The van der Waals surface area contributed by atoms with E-state index in [1.807, 2.05) is 36.4 Å². The molecule has 0 spiro atoms. The van der Waals surface area contributed by atoms with Crippen LogP contribution in [0, 0.1) is 11.8 Å². The number of methoxy groups -OCH3 is 1. The number of hydrogen-bond donors (Lipinski definition) is 1. The summed E-state index contributed by atoms with van der Waals surface area (Å²) in [6, 6.07) is 20.4. The number of carbonyl (C=O) groups excluding carboxylic acids is 1. The van der Waals surface area contributed by atoms with Gasteiger partial charge in [-0.3, -0.25) is 4.79 Å².